The third-order valence-corrected chi connectivity index (χ3v) is 4.04. The zero-order valence-corrected chi connectivity index (χ0v) is 11.6. The molecule has 0 saturated carbocycles. The molecule has 1 aliphatic heterocycles. The lowest BCUT2D eigenvalue weighted by Gasteiger charge is -2.13. The fraction of sp³-hybridized carbons (Fsp3) is 0.750. The summed E-state index contributed by atoms with van der Waals surface area (Å²) in [6.07, 6.45) is 1.42. The summed E-state index contributed by atoms with van der Waals surface area (Å²) in [4.78, 5) is 36.0. The van der Waals surface area contributed by atoms with Crippen LogP contribution in [0.15, 0.2) is 0 Å². The molecular weight excluding hydrogens is 254 g/mol. The molecule has 18 heavy (non-hydrogen) atoms. The Morgan fingerprint density at radius 3 is 2.83 bits per heavy atom. The molecule has 1 atom stereocenters. The Labute approximate surface area is 111 Å². The number of imide groups is 1. The first-order valence-electron chi connectivity index (χ1n) is 6.06. The highest BCUT2D eigenvalue weighted by Crippen LogP contribution is 2.25. The van der Waals surface area contributed by atoms with Crippen molar-refractivity contribution >= 4 is 29.4 Å². The lowest BCUT2D eigenvalue weighted by atomic mass is 10.3. The molecule has 0 N–H and O–H groups in total. The van der Waals surface area contributed by atoms with Crippen molar-refractivity contribution < 1.29 is 19.1 Å². The molecule has 0 radical (unpaired) electrons. The molecule has 1 heterocycles. The van der Waals surface area contributed by atoms with E-state index in [1.54, 1.807) is 14.0 Å². The number of ether oxygens (including phenoxy) is 1. The maximum atomic E-state index is 11.9. The zero-order chi connectivity index (χ0) is 13.5. The van der Waals surface area contributed by atoms with Gasteiger partial charge in [-0.2, -0.15) is 0 Å². The summed E-state index contributed by atoms with van der Waals surface area (Å²) in [5.74, 6) is 0.254. The van der Waals surface area contributed by atoms with Gasteiger partial charge in [0.2, 0.25) is 11.8 Å². The highest BCUT2D eigenvalue weighted by molar-refractivity contribution is 8.00. The molecule has 1 unspecified atom stereocenters. The number of nitrogens with zero attached hydrogens (tertiary/aromatic N) is 1. The van der Waals surface area contributed by atoms with E-state index >= 15 is 0 Å². The molecule has 1 aliphatic rings. The molecule has 0 aromatic heterocycles. The predicted octanol–water partition coefficient (Wildman–Crippen LogP) is 0.863. The molecule has 1 fully saturated rings. The first-order valence-corrected chi connectivity index (χ1v) is 7.11. The number of carbonyl (C=O) groups excluding carboxylic acids is 3. The van der Waals surface area contributed by atoms with Crippen LogP contribution < -0.4 is 0 Å². The fourth-order valence-electron chi connectivity index (χ4n) is 1.67. The molecule has 1 rings (SSSR count). The zero-order valence-electron chi connectivity index (χ0n) is 10.8. The predicted molar refractivity (Wildman–Crippen MR) is 69.4 cm³/mol. The number of carbonyl (C=O) groups is 3. The normalized spacial score (nSPS) is 19.7. The third-order valence-electron chi connectivity index (χ3n) is 2.74. The van der Waals surface area contributed by atoms with Crippen molar-refractivity contribution in [3.63, 3.8) is 0 Å². The molecule has 5 nitrogen and oxygen atoms in total. The van der Waals surface area contributed by atoms with Crippen LogP contribution in [0.2, 0.25) is 0 Å². The van der Waals surface area contributed by atoms with Gasteiger partial charge in [-0.3, -0.25) is 19.3 Å². The number of thioether (sulfide) groups is 1. The van der Waals surface area contributed by atoms with Crippen LogP contribution in [-0.2, 0) is 19.1 Å². The summed E-state index contributed by atoms with van der Waals surface area (Å²) < 4.78 is 4.92. The number of likely N-dealkylation sites (tertiary alicyclic amines) is 1. The summed E-state index contributed by atoms with van der Waals surface area (Å²) in [7, 11) is 1.63. The van der Waals surface area contributed by atoms with E-state index in [1.807, 2.05) is 0 Å². The summed E-state index contributed by atoms with van der Waals surface area (Å²) in [5.41, 5.74) is 0. The quantitative estimate of drug-likeness (QED) is 0.485. The van der Waals surface area contributed by atoms with E-state index in [0.717, 1.165) is 17.1 Å². The molecule has 0 aliphatic carbocycles. The van der Waals surface area contributed by atoms with Gasteiger partial charge >= 0.3 is 0 Å². The first kappa shape index (κ1) is 15.2. The van der Waals surface area contributed by atoms with Crippen LogP contribution in [0, 0.1) is 0 Å². The summed E-state index contributed by atoms with van der Waals surface area (Å²) in [5, 5.41) is -0.320. The van der Waals surface area contributed by atoms with Crippen LogP contribution in [0.25, 0.3) is 0 Å². The topological polar surface area (TPSA) is 63.7 Å². The van der Waals surface area contributed by atoms with E-state index < -0.39 is 0 Å². The van der Waals surface area contributed by atoms with Gasteiger partial charge in [-0.25, -0.2) is 0 Å². The van der Waals surface area contributed by atoms with Gasteiger partial charge in [-0.15, -0.1) is 11.8 Å². The molecule has 0 aromatic carbocycles. The van der Waals surface area contributed by atoms with Gasteiger partial charge in [-0.05, 0) is 12.2 Å². The SMILES string of the molecule is CCC(=O)CN1C(=O)CC(SCCCOC)C1=O. The van der Waals surface area contributed by atoms with Crippen LogP contribution in [0.3, 0.4) is 0 Å². The van der Waals surface area contributed by atoms with E-state index in [1.165, 1.54) is 11.8 Å². The molecular formula is C12H19NO4S. The number of hydrogen-bond donors (Lipinski definition) is 0. The molecule has 102 valence electrons. The Morgan fingerprint density at radius 2 is 2.22 bits per heavy atom. The van der Waals surface area contributed by atoms with Crippen molar-refractivity contribution in [2.75, 3.05) is 26.0 Å². The standard InChI is InChI=1S/C12H19NO4S/c1-3-9(14)8-13-11(15)7-10(12(13)16)18-6-4-5-17-2/h10H,3-8H2,1-2H3. The number of hydrogen-bond acceptors (Lipinski definition) is 5. The van der Waals surface area contributed by atoms with Gasteiger partial charge in [-0.1, -0.05) is 6.92 Å². The lowest BCUT2D eigenvalue weighted by Crippen LogP contribution is -2.35. The average molecular weight is 273 g/mol. The van der Waals surface area contributed by atoms with Crippen molar-refractivity contribution in [1.29, 1.82) is 0 Å². The Bertz CT molecular complexity index is 332. The maximum Gasteiger partial charge on any atom is 0.243 e. The van der Waals surface area contributed by atoms with E-state index in [0.29, 0.717) is 13.0 Å². The van der Waals surface area contributed by atoms with E-state index in [2.05, 4.69) is 0 Å². The Morgan fingerprint density at radius 1 is 1.50 bits per heavy atom. The van der Waals surface area contributed by atoms with Gasteiger partial charge < -0.3 is 4.74 Å². The second-order valence-electron chi connectivity index (χ2n) is 4.12. The largest absolute Gasteiger partial charge is 0.385 e. The minimum absolute atomic E-state index is 0.0662. The van der Waals surface area contributed by atoms with Crippen molar-refractivity contribution in [3.05, 3.63) is 0 Å². The molecule has 2 amide bonds. The monoisotopic (exact) mass is 273 g/mol. The number of methoxy groups -OCH3 is 1. The number of rotatable bonds is 8. The summed E-state index contributed by atoms with van der Waals surface area (Å²) in [6.45, 7) is 2.31. The third kappa shape index (κ3) is 4.10. The maximum absolute atomic E-state index is 11.9. The summed E-state index contributed by atoms with van der Waals surface area (Å²) >= 11 is 1.47. The van der Waals surface area contributed by atoms with Crippen LogP contribution in [0.5, 0.6) is 0 Å². The van der Waals surface area contributed by atoms with Crippen LogP contribution >= 0.6 is 11.8 Å². The van der Waals surface area contributed by atoms with Gasteiger partial charge in [0.25, 0.3) is 0 Å². The lowest BCUT2D eigenvalue weighted by molar-refractivity contribution is -0.141. The molecule has 1 saturated heterocycles. The summed E-state index contributed by atoms with van der Waals surface area (Å²) in [6, 6.07) is 0. The van der Waals surface area contributed by atoms with Crippen molar-refractivity contribution in [2.24, 2.45) is 0 Å². The Balaban J connectivity index is 2.43. The van der Waals surface area contributed by atoms with Crippen molar-refractivity contribution in [3.8, 4) is 0 Å². The smallest absolute Gasteiger partial charge is 0.243 e. The van der Waals surface area contributed by atoms with Crippen LogP contribution in [0.4, 0.5) is 0 Å². The Kier molecular flexibility index (Phi) is 6.35. The van der Waals surface area contributed by atoms with Gasteiger partial charge in [0, 0.05) is 26.6 Å². The minimum Gasteiger partial charge on any atom is -0.385 e. The highest BCUT2D eigenvalue weighted by atomic mass is 32.2. The fourth-order valence-corrected chi connectivity index (χ4v) is 2.77. The van der Waals surface area contributed by atoms with Crippen molar-refractivity contribution in [1.82, 2.24) is 4.90 Å². The van der Waals surface area contributed by atoms with Gasteiger partial charge in [0.05, 0.1) is 11.8 Å². The molecule has 0 aromatic rings. The van der Waals surface area contributed by atoms with Gasteiger partial charge in [0.15, 0.2) is 5.78 Å². The van der Waals surface area contributed by atoms with E-state index in [-0.39, 0.29) is 35.8 Å². The molecule has 6 heteroatoms. The highest BCUT2D eigenvalue weighted by Gasteiger charge is 2.39. The first-order chi connectivity index (χ1) is 8.60. The van der Waals surface area contributed by atoms with Crippen LogP contribution in [0.1, 0.15) is 26.2 Å². The van der Waals surface area contributed by atoms with Crippen LogP contribution in [-0.4, -0.2) is 53.8 Å². The molecule has 0 bridgehead atoms. The molecule has 0 spiro atoms. The van der Waals surface area contributed by atoms with E-state index in [9.17, 15) is 14.4 Å². The Hall–Kier alpha value is -0.880. The minimum atomic E-state index is -0.320. The van der Waals surface area contributed by atoms with Gasteiger partial charge in [0.1, 0.15) is 0 Å². The van der Waals surface area contributed by atoms with E-state index in [4.69, 9.17) is 4.74 Å². The second kappa shape index (κ2) is 7.53. The average Bonchev–Trinajstić information content (AvgIpc) is 2.62. The second-order valence-corrected chi connectivity index (χ2v) is 5.43. The number of amides is 2. The number of ketones is 1. The number of Topliss-reactive ketones (excluding diaryl/α,β-unsaturated/α-hetero) is 1. The van der Waals surface area contributed by atoms with Crippen molar-refractivity contribution in [2.45, 2.75) is 31.4 Å².